The number of unbranched alkanes of at least 4 members (excludes halogenated alkanes) is 1. The first kappa shape index (κ1) is 26.3. The number of halogens is 1. The van der Waals surface area contributed by atoms with Crippen molar-refractivity contribution in [2.75, 3.05) is 52.6 Å². The second-order valence-electron chi connectivity index (χ2n) is 8.81. The van der Waals surface area contributed by atoms with Gasteiger partial charge >= 0.3 is 0 Å². The Labute approximate surface area is 217 Å². The van der Waals surface area contributed by atoms with E-state index in [1.54, 1.807) is 12.1 Å². The van der Waals surface area contributed by atoms with Crippen molar-refractivity contribution in [3.63, 3.8) is 0 Å². The van der Waals surface area contributed by atoms with Gasteiger partial charge in [0.05, 0.1) is 13.2 Å². The zero-order valence-corrected chi connectivity index (χ0v) is 21.5. The molecule has 1 aliphatic heterocycles. The highest BCUT2D eigenvalue weighted by atomic mass is 35.5. The zero-order chi connectivity index (χ0) is 25.2. The molecule has 0 atom stereocenters. The van der Waals surface area contributed by atoms with E-state index in [9.17, 15) is 4.79 Å². The van der Waals surface area contributed by atoms with Crippen molar-refractivity contribution in [1.82, 2.24) is 19.9 Å². The second kappa shape index (κ2) is 13.5. The smallest absolute Gasteiger partial charge is 0.258 e. The molecule has 2 heterocycles. The van der Waals surface area contributed by atoms with Gasteiger partial charge in [0.1, 0.15) is 6.61 Å². The fraction of sp³-hybridized carbons (Fsp3) is 0.444. The van der Waals surface area contributed by atoms with Gasteiger partial charge in [0, 0.05) is 55.5 Å². The summed E-state index contributed by atoms with van der Waals surface area (Å²) < 4.78 is 16.4. The summed E-state index contributed by atoms with van der Waals surface area (Å²) in [5, 5.41) is 4.77. The first-order valence-corrected chi connectivity index (χ1v) is 12.8. The molecule has 8 nitrogen and oxygen atoms in total. The summed E-state index contributed by atoms with van der Waals surface area (Å²) >= 11 is 6.08. The second-order valence-corrected chi connectivity index (χ2v) is 9.25. The summed E-state index contributed by atoms with van der Waals surface area (Å²) in [6.45, 7) is 7.79. The van der Waals surface area contributed by atoms with E-state index in [1.165, 1.54) is 0 Å². The normalized spacial score (nSPS) is 14.3. The number of benzene rings is 2. The average molecular weight is 513 g/mol. The predicted molar refractivity (Wildman–Crippen MR) is 139 cm³/mol. The minimum atomic E-state index is 0.0396. The molecule has 192 valence electrons. The quantitative estimate of drug-likeness (QED) is 0.330. The van der Waals surface area contributed by atoms with E-state index < -0.39 is 0 Å². The van der Waals surface area contributed by atoms with Crippen molar-refractivity contribution in [3.05, 3.63) is 59.1 Å². The lowest BCUT2D eigenvalue weighted by Gasteiger charge is -2.34. The van der Waals surface area contributed by atoms with Crippen LogP contribution in [0.1, 0.15) is 25.3 Å². The number of hydrogen-bond acceptors (Lipinski definition) is 7. The van der Waals surface area contributed by atoms with Gasteiger partial charge in [0.25, 0.3) is 5.89 Å². The van der Waals surface area contributed by atoms with Gasteiger partial charge in [-0.2, -0.15) is 4.98 Å². The van der Waals surface area contributed by atoms with Gasteiger partial charge in [0.15, 0.2) is 0 Å². The number of carbonyl (C=O) groups is 1. The van der Waals surface area contributed by atoms with Crippen LogP contribution in [-0.2, 0) is 20.8 Å². The third kappa shape index (κ3) is 7.61. The summed E-state index contributed by atoms with van der Waals surface area (Å²) in [4.78, 5) is 21.2. The molecule has 1 aromatic heterocycles. The highest BCUT2D eigenvalue weighted by Gasteiger charge is 2.21. The Hall–Kier alpha value is -2.78. The van der Waals surface area contributed by atoms with Crippen molar-refractivity contribution in [3.8, 4) is 22.8 Å². The van der Waals surface area contributed by atoms with Gasteiger partial charge in [-0.3, -0.25) is 9.69 Å². The molecular formula is C27H33ClN4O4. The molecule has 1 fully saturated rings. The molecule has 9 heteroatoms. The van der Waals surface area contributed by atoms with E-state index in [4.69, 9.17) is 25.6 Å². The number of aromatic nitrogens is 2. The SMILES string of the molecule is CCCCOCCOCC(=O)N1CCN(Cc2cccc(-c3noc(-c4cccc(Cl)c4)n3)c2)CC1. The van der Waals surface area contributed by atoms with Gasteiger partial charge < -0.3 is 18.9 Å². The van der Waals surface area contributed by atoms with Gasteiger partial charge in [-0.25, -0.2) is 0 Å². The first-order valence-electron chi connectivity index (χ1n) is 12.5. The summed E-state index contributed by atoms with van der Waals surface area (Å²) in [6.07, 6.45) is 2.16. The number of ether oxygens (including phenoxy) is 2. The van der Waals surface area contributed by atoms with Crippen molar-refractivity contribution < 1.29 is 18.8 Å². The van der Waals surface area contributed by atoms with E-state index in [0.29, 0.717) is 43.0 Å². The van der Waals surface area contributed by atoms with E-state index >= 15 is 0 Å². The first-order chi connectivity index (χ1) is 17.6. The minimum absolute atomic E-state index is 0.0396. The van der Waals surface area contributed by atoms with Gasteiger partial charge in [-0.15, -0.1) is 0 Å². The van der Waals surface area contributed by atoms with Crippen LogP contribution in [0, 0.1) is 0 Å². The number of nitrogens with zero attached hydrogens (tertiary/aromatic N) is 4. The molecule has 1 aliphatic rings. The zero-order valence-electron chi connectivity index (χ0n) is 20.7. The predicted octanol–water partition coefficient (Wildman–Crippen LogP) is 4.53. The van der Waals surface area contributed by atoms with Crippen molar-refractivity contribution in [2.24, 2.45) is 0 Å². The maximum atomic E-state index is 12.4. The molecule has 0 bridgehead atoms. The van der Waals surface area contributed by atoms with Crippen molar-refractivity contribution >= 4 is 17.5 Å². The van der Waals surface area contributed by atoms with Gasteiger partial charge in [-0.1, -0.05) is 54.4 Å². The molecule has 0 N–H and O–H groups in total. The van der Waals surface area contributed by atoms with Crippen LogP contribution in [0.3, 0.4) is 0 Å². The Morgan fingerprint density at radius 3 is 2.58 bits per heavy atom. The number of carbonyl (C=O) groups excluding carboxylic acids is 1. The average Bonchev–Trinajstić information content (AvgIpc) is 3.39. The maximum Gasteiger partial charge on any atom is 0.258 e. The summed E-state index contributed by atoms with van der Waals surface area (Å²) in [6, 6.07) is 15.5. The van der Waals surface area contributed by atoms with Crippen LogP contribution in [0.5, 0.6) is 0 Å². The number of rotatable bonds is 12. The Morgan fingerprint density at radius 1 is 1.00 bits per heavy atom. The van der Waals surface area contributed by atoms with Crippen molar-refractivity contribution in [1.29, 1.82) is 0 Å². The van der Waals surface area contributed by atoms with Crippen LogP contribution < -0.4 is 0 Å². The fourth-order valence-electron chi connectivity index (χ4n) is 4.02. The van der Waals surface area contributed by atoms with E-state index in [1.807, 2.05) is 29.2 Å². The Morgan fingerprint density at radius 2 is 1.78 bits per heavy atom. The molecule has 0 aliphatic carbocycles. The van der Waals surface area contributed by atoms with Crippen molar-refractivity contribution in [2.45, 2.75) is 26.3 Å². The molecule has 3 aromatic rings. The molecule has 1 amide bonds. The number of amides is 1. The van der Waals surface area contributed by atoms with Crippen LogP contribution >= 0.6 is 11.6 Å². The van der Waals surface area contributed by atoms with Gasteiger partial charge in [-0.05, 0) is 36.2 Å². The minimum Gasteiger partial charge on any atom is -0.379 e. The highest BCUT2D eigenvalue weighted by Crippen LogP contribution is 2.25. The lowest BCUT2D eigenvalue weighted by Crippen LogP contribution is -2.49. The maximum absolute atomic E-state index is 12.4. The van der Waals surface area contributed by atoms with E-state index in [-0.39, 0.29) is 12.5 Å². The van der Waals surface area contributed by atoms with E-state index in [0.717, 1.165) is 55.8 Å². The van der Waals surface area contributed by atoms with Crippen LogP contribution in [0.15, 0.2) is 53.1 Å². The highest BCUT2D eigenvalue weighted by molar-refractivity contribution is 6.30. The van der Waals surface area contributed by atoms with Crippen LogP contribution in [0.25, 0.3) is 22.8 Å². The summed E-state index contributed by atoms with van der Waals surface area (Å²) in [7, 11) is 0. The molecule has 0 spiro atoms. The molecule has 0 unspecified atom stereocenters. The summed E-state index contributed by atoms with van der Waals surface area (Å²) in [5.74, 6) is 1.02. The van der Waals surface area contributed by atoms with E-state index in [2.05, 4.69) is 34.1 Å². The Bertz CT molecular complexity index is 1110. The molecule has 0 saturated carbocycles. The molecule has 4 rings (SSSR count). The van der Waals surface area contributed by atoms with Crippen LogP contribution in [-0.4, -0.2) is 78.5 Å². The Balaban J connectivity index is 1.23. The number of piperazine rings is 1. The number of hydrogen-bond donors (Lipinski definition) is 0. The summed E-state index contributed by atoms with van der Waals surface area (Å²) in [5.41, 5.74) is 2.84. The third-order valence-corrected chi connectivity index (χ3v) is 6.29. The third-order valence-electron chi connectivity index (χ3n) is 6.05. The van der Waals surface area contributed by atoms with Gasteiger partial charge in [0.2, 0.25) is 11.7 Å². The largest absolute Gasteiger partial charge is 0.379 e. The standard InChI is InChI=1S/C27H33ClN4O4/c1-2-3-14-34-15-16-35-20-25(33)32-12-10-31(11-13-32)19-21-6-4-7-22(17-21)26-29-27(36-30-26)23-8-5-9-24(28)18-23/h4-9,17-18H,2-3,10-16,19-20H2,1H3. The lowest BCUT2D eigenvalue weighted by molar-refractivity contribution is -0.138. The molecule has 0 radical (unpaired) electrons. The molecule has 2 aromatic carbocycles. The topological polar surface area (TPSA) is 80.9 Å². The molecule has 1 saturated heterocycles. The molecule has 36 heavy (non-hydrogen) atoms. The lowest BCUT2D eigenvalue weighted by atomic mass is 10.1. The molecular weight excluding hydrogens is 480 g/mol. The monoisotopic (exact) mass is 512 g/mol. The van der Waals surface area contributed by atoms with Crippen LogP contribution in [0.4, 0.5) is 0 Å². The van der Waals surface area contributed by atoms with Crippen LogP contribution in [0.2, 0.25) is 5.02 Å². The Kier molecular flexibility index (Phi) is 9.86. The fourth-order valence-corrected chi connectivity index (χ4v) is 4.21.